The molecule has 1 saturated heterocycles. The van der Waals surface area contributed by atoms with Crippen LogP contribution < -0.4 is 15.4 Å². The van der Waals surface area contributed by atoms with Gasteiger partial charge >= 0.3 is 0 Å². The van der Waals surface area contributed by atoms with Crippen molar-refractivity contribution >= 4 is 17.5 Å². The molecule has 0 aromatic heterocycles. The number of ether oxygens (including phenoxy) is 1. The van der Waals surface area contributed by atoms with Crippen molar-refractivity contribution in [1.82, 2.24) is 10.2 Å². The Kier molecular flexibility index (Phi) is 7.53. The average molecular weight is 402 g/mol. The number of nitrogens with one attached hydrogen (secondary N) is 2. The first kappa shape index (κ1) is 21.6. The Labute approximate surface area is 174 Å². The first-order valence-corrected chi connectivity index (χ1v) is 11.0. The van der Waals surface area contributed by atoms with Crippen molar-refractivity contribution in [2.45, 2.75) is 58.9 Å². The minimum atomic E-state index is 0.0655. The van der Waals surface area contributed by atoms with Crippen molar-refractivity contribution in [1.29, 1.82) is 0 Å². The van der Waals surface area contributed by atoms with Crippen molar-refractivity contribution in [3.8, 4) is 5.75 Å². The third-order valence-corrected chi connectivity index (χ3v) is 5.67. The van der Waals surface area contributed by atoms with Gasteiger partial charge < -0.3 is 20.3 Å². The molecule has 1 aromatic carbocycles. The van der Waals surface area contributed by atoms with E-state index in [1.165, 1.54) is 6.42 Å². The highest BCUT2D eigenvalue weighted by Crippen LogP contribution is 2.27. The topological polar surface area (TPSA) is 70.7 Å². The SMILES string of the molecule is CC1CC(C)CN(CC(C)NC(=O)CCCOc2ccc3c(c2)CCC(=O)N3)C1. The lowest BCUT2D eigenvalue weighted by atomic mass is 9.92. The van der Waals surface area contributed by atoms with Crippen LogP contribution in [0.2, 0.25) is 0 Å². The molecule has 2 amide bonds. The normalized spacial score (nSPS) is 23.1. The molecule has 0 spiro atoms. The molecule has 160 valence electrons. The Hall–Kier alpha value is -2.08. The summed E-state index contributed by atoms with van der Waals surface area (Å²) < 4.78 is 5.80. The molecular weight excluding hydrogens is 366 g/mol. The molecular formula is C23H35N3O3. The Morgan fingerprint density at radius 2 is 2.03 bits per heavy atom. The van der Waals surface area contributed by atoms with Gasteiger partial charge in [-0.3, -0.25) is 9.59 Å². The largest absolute Gasteiger partial charge is 0.494 e. The second-order valence-electron chi connectivity index (χ2n) is 8.95. The summed E-state index contributed by atoms with van der Waals surface area (Å²) >= 11 is 0. The Balaban J connectivity index is 1.33. The Bertz CT molecular complexity index is 711. The summed E-state index contributed by atoms with van der Waals surface area (Å²) in [5.41, 5.74) is 1.98. The molecule has 2 N–H and O–H groups in total. The van der Waals surface area contributed by atoms with Crippen LogP contribution in [0.15, 0.2) is 18.2 Å². The van der Waals surface area contributed by atoms with Gasteiger partial charge in [0.15, 0.2) is 0 Å². The van der Waals surface area contributed by atoms with Crippen LogP contribution in [-0.2, 0) is 16.0 Å². The fourth-order valence-electron chi connectivity index (χ4n) is 4.59. The number of nitrogens with zero attached hydrogens (tertiary/aromatic N) is 1. The van der Waals surface area contributed by atoms with Crippen LogP contribution in [0.1, 0.15) is 52.0 Å². The van der Waals surface area contributed by atoms with E-state index in [4.69, 9.17) is 4.74 Å². The number of anilines is 1. The fraction of sp³-hybridized carbons (Fsp3) is 0.652. The molecule has 0 saturated carbocycles. The third-order valence-electron chi connectivity index (χ3n) is 5.67. The van der Waals surface area contributed by atoms with Gasteiger partial charge in [-0.05, 0) is 61.8 Å². The molecule has 0 bridgehead atoms. The highest BCUT2D eigenvalue weighted by molar-refractivity contribution is 5.94. The fourth-order valence-corrected chi connectivity index (χ4v) is 4.59. The van der Waals surface area contributed by atoms with Gasteiger partial charge in [0.05, 0.1) is 6.61 Å². The molecule has 3 rings (SSSR count). The van der Waals surface area contributed by atoms with E-state index >= 15 is 0 Å². The zero-order chi connectivity index (χ0) is 20.8. The molecule has 29 heavy (non-hydrogen) atoms. The van der Waals surface area contributed by atoms with Gasteiger partial charge in [0, 0.05) is 44.2 Å². The summed E-state index contributed by atoms with van der Waals surface area (Å²) in [6.07, 6.45) is 3.72. The van der Waals surface area contributed by atoms with E-state index in [1.54, 1.807) is 0 Å². The summed E-state index contributed by atoms with van der Waals surface area (Å²) in [4.78, 5) is 26.1. The van der Waals surface area contributed by atoms with Crippen LogP contribution >= 0.6 is 0 Å². The number of aryl methyl sites for hydroxylation is 1. The minimum absolute atomic E-state index is 0.0655. The summed E-state index contributed by atoms with van der Waals surface area (Å²) in [5, 5.41) is 5.99. The lowest BCUT2D eigenvalue weighted by molar-refractivity contribution is -0.122. The second-order valence-corrected chi connectivity index (χ2v) is 8.95. The molecule has 3 atom stereocenters. The smallest absolute Gasteiger partial charge is 0.224 e. The number of carbonyl (C=O) groups excluding carboxylic acids is 2. The van der Waals surface area contributed by atoms with Crippen LogP contribution in [0.4, 0.5) is 5.69 Å². The summed E-state index contributed by atoms with van der Waals surface area (Å²) in [6.45, 7) is 10.4. The van der Waals surface area contributed by atoms with Crippen LogP contribution in [0.5, 0.6) is 5.75 Å². The van der Waals surface area contributed by atoms with Crippen molar-refractivity contribution < 1.29 is 14.3 Å². The Morgan fingerprint density at radius 3 is 2.79 bits per heavy atom. The number of likely N-dealkylation sites (tertiary alicyclic amines) is 1. The van der Waals surface area contributed by atoms with Gasteiger partial charge in [-0.25, -0.2) is 0 Å². The lowest BCUT2D eigenvalue weighted by Crippen LogP contribution is -2.47. The highest BCUT2D eigenvalue weighted by Gasteiger charge is 2.23. The molecule has 3 unspecified atom stereocenters. The number of benzene rings is 1. The molecule has 0 radical (unpaired) electrons. The lowest BCUT2D eigenvalue weighted by Gasteiger charge is -2.36. The summed E-state index contributed by atoms with van der Waals surface area (Å²) in [7, 11) is 0. The van der Waals surface area contributed by atoms with Crippen LogP contribution in [0.25, 0.3) is 0 Å². The predicted octanol–water partition coefficient (Wildman–Crippen LogP) is 3.21. The first-order chi connectivity index (χ1) is 13.9. The molecule has 1 fully saturated rings. The molecule has 2 heterocycles. The van der Waals surface area contributed by atoms with Crippen molar-refractivity contribution in [2.75, 3.05) is 31.6 Å². The number of fused-ring (bicyclic) bond motifs is 1. The maximum atomic E-state index is 12.2. The zero-order valence-electron chi connectivity index (χ0n) is 18.0. The van der Waals surface area contributed by atoms with Crippen molar-refractivity contribution in [2.24, 2.45) is 11.8 Å². The maximum absolute atomic E-state index is 12.2. The Morgan fingerprint density at radius 1 is 1.28 bits per heavy atom. The summed E-state index contributed by atoms with van der Waals surface area (Å²) in [5.74, 6) is 2.42. The standard InChI is InChI=1S/C23H35N3O3/c1-16-11-17(2)14-26(13-16)15-18(3)24-22(27)5-4-10-29-20-7-8-21-19(12-20)6-9-23(28)25-21/h7-8,12,16-18H,4-6,9-11,13-15H2,1-3H3,(H,24,27)(H,25,28). The van der Waals surface area contributed by atoms with E-state index in [2.05, 4.69) is 36.3 Å². The number of hydrogen-bond acceptors (Lipinski definition) is 4. The van der Waals surface area contributed by atoms with Gasteiger partial charge in [-0.1, -0.05) is 13.8 Å². The van der Waals surface area contributed by atoms with E-state index in [9.17, 15) is 9.59 Å². The van der Waals surface area contributed by atoms with Gasteiger partial charge in [-0.15, -0.1) is 0 Å². The van der Waals surface area contributed by atoms with E-state index < -0.39 is 0 Å². The van der Waals surface area contributed by atoms with Gasteiger partial charge in [-0.2, -0.15) is 0 Å². The van der Waals surface area contributed by atoms with E-state index in [1.807, 2.05) is 18.2 Å². The van der Waals surface area contributed by atoms with E-state index in [0.29, 0.717) is 25.9 Å². The van der Waals surface area contributed by atoms with Crippen LogP contribution in [-0.4, -0.2) is 49.0 Å². The number of carbonyl (C=O) groups is 2. The molecule has 6 nitrogen and oxygen atoms in total. The van der Waals surface area contributed by atoms with Crippen molar-refractivity contribution in [3.05, 3.63) is 23.8 Å². The molecule has 1 aromatic rings. The third kappa shape index (κ3) is 6.74. The van der Waals surface area contributed by atoms with Gasteiger partial charge in [0.2, 0.25) is 11.8 Å². The number of hydrogen-bond donors (Lipinski definition) is 2. The van der Waals surface area contributed by atoms with E-state index in [0.717, 1.165) is 54.9 Å². The van der Waals surface area contributed by atoms with Gasteiger partial charge in [0.1, 0.15) is 5.75 Å². The zero-order valence-corrected chi connectivity index (χ0v) is 18.0. The highest BCUT2D eigenvalue weighted by atomic mass is 16.5. The molecule has 6 heteroatoms. The quantitative estimate of drug-likeness (QED) is 0.656. The van der Waals surface area contributed by atoms with E-state index in [-0.39, 0.29) is 17.9 Å². The minimum Gasteiger partial charge on any atom is -0.494 e. The summed E-state index contributed by atoms with van der Waals surface area (Å²) in [6, 6.07) is 5.90. The average Bonchev–Trinajstić information content (AvgIpc) is 2.64. The second kappa shape index (κ2) is 10.1. The molecule has 2 aliphatic rings. The van der Waals surface area contributed by atoms with Gasteiger partial charge in [0.25, 0.3) is 0 Å². The van der Waals surface area contributed by atoms with Crippen LogP contribution in [0, 0.1) is 11.8 Å². The molecule has 2 aliphatic heterocycles. The number of piperidine rings is 1. The van der Waals surface area contributed by atoms with Crippen LogP contribution in [0.3, 0.4) is 0 Å². The number of rotatable bonds is 8. The number of amides is 2. The monoisotopic (exact) mass is 401 g/mol. The molecule has 0 aliphatic carbocycles. The maximum Gasteiger partial charge on any atom is 0.224 e. The first-order valence-electron chi connectivity index (χ1n) is 11.0. The predicted molar refractivity (Wildman–Crippen MR) is 115 cm³/mol. The van der Waals surface area contributed by atoms with Crippen molar-refractivity contribution in [3.63, 3.8) is 0 Å².